The number of aromatic nitrogens is 4. The third kappa shape index (κ3) is 5.67. The van der Waals surface area contributed by atoms with Gasteiger partial charge in [-0.1, -0.05) is 31.1 Å². The van der Waals surface area contributed by atoms with Gasteiger partial charge in [0.25, 0.3) is 0 Å². The average molecular weight is 462 g/mol. The van der Waals surface area contributed by atoms with Crippen molar-refractivity contribution in [2.45, 2.75) is 46.0 Å². The molecule has 0 bridgehead atoms. The van der Waals surface area contributed by atoms with E-state index in [1.54, 1.807) is 12.1 Å². The van der Waals surface area contributed by atoms with Gasteiger partial charge in [0.2, 0.25) is 29.3 Å². The molecule has 0 fully saturated rings. The minimum Gasteiger partial charge on any atom is -0.494 e. The molecule has 9 heteroatoms. The predicted molar refractivity (Wildman–Crippen MR) is 126 cm³/mol. The molecule has 0 aliphatic heterocycles. The predicted octanol–water partition coefficient (Wildman–Crippen LogP) is 5.05. The highest BCUT2D eigenvalue weighted by Gasteiger charge is 2.22. The van der Waals surface area contributed by atoms with E-state index in [9.17, 15) is 4.79 Å². The summed E-state index contributed by atoms with van der Waals surface area (Å²) >= 11 is 0. The van der Waals surface area contributed by atoms with E-state index < -0.39 is 0 Å². The first kappa shape index (κ1) is 23.2. The fourth-order valence-electron chi connectivity index (χ4n) is 3.13. The van der Waals surface area contributed by atoms with Gasteiger partial charge in [-0.15, -0.1) is 0 Å². The van der Waals surface area contributed by atoms with E-state index in [1.165, 1.54) is 0 Å². The van der Waals surface area contributed by atoms with Crippen LogP contribution in [-0.2, 0) is 16.6 Å². The number of hydrogen-bond acceptors (Lipinski definition) is 8. The summed E-state index contributed by atoms with van der Waals surface area (Å²) in [6, 6.07) is 14.7. The number of carbonyl (C=O) groups excluding carboxylic acids is 1. The third-order valence-electron chi connectivity index (χ3n) is 4.95. The number of hydrogen-bond donors (Lipinski definition) is 1. The minimum atomic E-state index is -0.216. The van der Waals surface area contributed by atoms with E-state index in [2.05, 4.69) is 25.6 Å². The fourth-order valence-corrected chi connectivity index (χ4v) is 3.13. The molecule has 0 unspecified atom stereocenters. The maximum atomic E-state index is 12.4. The van der Waals surface area contributed by atoms with Crippen molar-refractivity contribution in [3.63, 3.8) is 0 Å². The van der Waals surface area contributed by atoms with Crippen molar-refractivity contribution < 1.29 is 18.6 Å². The molecule has 176 valence electrons. The lowest BCUT2D eigenvalue weighted by molar-refractivity contribution is -0.116. The zero-order valence-corrected chi connectivity index (χ0v) is 19.7. The Balaban J connectivity index is 1.30. The summed E-state index contributed by atoms with van der Waals surface area (Å²) in [4.78, 5) is 21.2. The quantitative estimate of drug-likeness (QED) is 0.387. The summed E-state index contributed by atoms with van der Waals surface area (Å²) in [5.74, 6) is 2.61. The van der Waals surface area contributed by atoms with Gasteiger partial charge in [-0.05, 0) is 55.5 Å². The van der Waals surface area contributed by atoms with Crippen LogP contribution in [-0.4, -0.2) is 32.8 Å². The van der Waals surface area contributed by atoms with Crippen molar-refractivity contribution in [2.75, 3.05) is 11.9 Å². The first-order valence-corrected chi connectivity index (χ1v) is 11.1. The molecule has 1 N–H and O–H groups in total. The topological polar surface area (TPSA) is 116 Å². The molecule has 1 amide bonds. The number of nitrogens with zero attached hydrogens (tertiary/aromatic N) is 4. The van der Waals surface area contributed by atoms with Crippen LogP contribution >= 0.6 is 0 Å². The smallest absolute Gasteiger partial charge is 0.232 e. The zero-order valence-electron chi connectivity index (χ0n) is 19.7. The van der Waals surface area contributed by atoms with E-state index in [4.69, 9.17) is 13.8 Å². The highest BCUT2D eigenvalue weighted by atomic mass is 16.5. The van der Waals surface area contributed by atoms with Crippen LogP contribution in [0.2, 0.25) is 0 Å². The van der Waals surface area contributed by atoms with Crippen molar-refractivity contribution in [3.05, 3.63) is 60.3 Å². The Kier molecular flexibility index (Phi) is 6.72. The number of nitrogens with one attached hydrogen (secondary N) is 1. The van der Waals surface area contributed by atoms with Crippen molar-refractivity contribution >= 4 is 11.6 Å². The maximum absolute atomic E-state index is 12.4. The Labute approximate surface area is 197 Å². The Morgan fingerprint density at radius 1 is 0.912 bits per heavy atom. The summed E-state index contributed by atoms with van der Waals surface area (Å²) in [6.45, 7) is 8.58. The van der Waals surface area contributed by atoms with Gasteiger partial charge in [0, 0.05) is 35.1 Å². The summed E-state index contributed by atoms with van der Waals surface area (Å²) in [6.07, 6.45) is 0.554. The molecule has 4 aromatic rings. The molecule has 9 nitrogen and oxygen atoms in total. The number of ether oxygens (including phenoxy) is 1. The van der Waals surface area contributed by atoms with Gasteiger partial charge >= 0.3 is 0 Å². The van der Waals surface area contributed by atoms with Gasteiger partial charge in [-0.2, -0.15) is 9.97 Å². The number of rotatable bonds is 8. The molecular formula is C25H27N5O4. The lowest BCUT2D eigenvalue weighted by Gasteiger charge is -2.10. The monoisotopic (exact) mass is 461 g/mol. The first-order valence-electron chi connectivity index (χ1n) is 11.1. The molecular weight excluding hydrogens is 434 g/mol. The van der Waals surface area contributed by atoms with Crippen LogP contribution in [0.1, 0.15) is 45.9 Å². The Bertz CT molecular complexity index is 1240. The molecule has 0 spiro atoms. The van der Waals surface area contributed by atoms with Crippen LogP contribution in [0, 0.1) is 0 Å². The van der Waals surface area contributed by atoms with E-state index >= 15 is 0 Å². The second-order valence-electron chi connectivity index (χ2n) is 8.77. The number of carbonyl (C=O) groups is 1. The van der Waals surface area contributed by atoms with Crippen LogP contribution in [0.15, 0.2) is 57.6 Å². The first-order chi connectivity index (χ1) is 16.3. The van der Waals surface area contributed by atoms with E-state index in [1.807, 2.05) is 64.1 Å². The molecule has 0 aliphatic rings. The van der Waals surface area contributed by atoms with E-state index in [-0.39, 0.29) is 17.7 Å². The van der Waals surface area contributed by atoms with E-state index in [0.717, 1.165) is 16.9 Å². The second-order valence-corrected chi connectivity index (χ2v) is 8.77. The third-order valence-corrected chi connectivity index (χ3v) is 4.95. The summed E-state index contributed by atoms with van der Waals surface area (Å²) in [7, 11) is 0. The Hall–Kier alpha value is -4.01. The van der Waals surface area contributed by atoms with Gasteiger partial charge in [0.15, 0.2) is 0 Å². The summed E-state index contributed by atoms with van der Waals surface area (Å²) in [5.41, 5.74) is 2.09. The standard InChI is InChI=1S/C25H27N5O4/c1-5-32-19-12-8-17(9-13-19)22-27-21(33-29-22)15-14-20(31)26-18-10-6-16(7-11-18)23-28-24(34-30-23)25(2,3)4/h6-13H,5,14-15H2,1-4H3,(H,26,31). The minimum absolute atomic E-state index is 0.150. The lowest BCUT2D eigenvalue weighted by Crippen LogP contribution is -2.12. The second kappa shape index (κ2) is 9.86. The van der Waals surface area contributed by atoms with Crippen LogP contribution in [0.3, 0.4) is 0 Å². The Morgan fingerprint density at radius 2 is 1.53 bits per heavy atom. The molecule has 0 radical (unpaired) electrons. The van der Waals surface area contributed by atoms with Crippen molar-refractivity contribution in [2.24, 2.45) is 0 Å². The van der Waals surface area contributed by atoms with Crippen molar-refractivity contribution in [3.8, 4) is 28.5 Å². The average Bonchev–Trinajstić information content (AvgIpc) is 3.49. The number of anilines is 1. The normalized spacial score (nSPS) is 11.4. The molecule has 34 heavy (non-hydrogen) atoms. The molecule has 4 rings (SSSR count). The Morgan fingerprint density at radius 3 is 2.15 bits per heavy atom. The van der Waals surface area contributed by atoms with Gasteiger partial charge in [-0.3, -0.25) is 4.79 Å². The lowest BCUT2D eigenvalue weighted by atomic mass is 9.97. The summed E-state index contributed by atoms with van der Waals surface area (Å²) < 4.78 is 16.1. The number of aryl methyl sites for hydroxylation is 1. The number of benzene rings is 2. The van der Waals surface area contributed by atoms with Crippen LogP contribution in [0.25, 0.3) is 22.8 Å². The zero-order chi connectivity index (χ0) is 24.1. The van der Waals surface area contributed by atoms with Crippen LogP contribution < -0.4 is 10.1 Å². The van der Waals surface area contributed by atoms with Crippen LogP contribution in [0.5, 0.6) is 5.75 Å². The molecule has 2 aromatic carbocycles. The highest BCUT2D eigenvalue weighted by Crippen LogP contribution is 2.25. The largest absolute Gasteiger partial charge is 0.494 e. The number of amides is 1. The van der Waals surface area contributed by atoms with Gasteiger partial charge < -0.3 is 19.1 Å². The van der Waals surface area contributed by atoms with Gasteiger partial charge in [-0.25, -0.2) is 0 Å². The van der Waals surface area contributed by atoms with Crippen molar-refractivity contribution in [1.82, 2.24) is 20.3 Å². The fraction of sp³-hybridized carbons (Fsp3) is 0.320. The van der Waals surface area contributed by atoms with Crippen LogP contribution in [0.4, 0.5) is 5.69 Å². The molecule has 2 heterocycles. The molecule has 0 aliphatic carbocycles. The SMILES string of the molecule is CCOc1ccc(-c2noc(CCC(=O)Nc3ccc(-c4noc(C(C)(C)C)n4)cc3)n2)cc1. The summed E-state index contributed by atoms with van der Waals surface area (Å²) in [5, 5.41) is 10.9. The maximum Gasteiger partial charge on any atom is 0.232 e. The van der Waals surface area contributed by atoms with Gasteiger partial charge in [0.1, 0.15) is 5.75 Å². The van der Waals surface area contributed by atoms with Crippen molar-refractivity contribution in [1.29, 1.82) is 0 Å². The molecule has 0 saturated heterocycles. The molecule has 0 saturated carbocycles. The molecule has 2 aromatic heterocycles. The van der Waals surface area contributed by atoms with Gasteiger partial charge in [0.05, 0.1) is 6.61 Å². The molecule has 0 atom stereocenters. The van der Waals surface area contributed by atoms with E-state index in [0.29, 0.717) is 42.1 Å². The highest BCUT2D eigenvalue weighted by molar-refractivity contribution is 5.91.